The number of azo groups is 1. The van der Waals surface area contributed by atoms with Gasteiger partial charge in [0, 0.05) is 10.0 Å². The molecular weight excluding hydrogens is 362 g/mol. The van der Waals surface area contributed by atoms with Crippen LogP contribution < -0.4 is 0 Å². The molecule has 0 aliphatic heterocycles. The summed E-state index contributed by atoms with van der Waals surface area (Å²) in [5, 5.41) is 9.63. The van der Waals surface area contributed by atoms with E-state index in [1.165, 1.54) is 0 Å². The zero-order valence-corrected chi connectivity index (χ0v) is 15.0. The molecule has 0 heterocycles. The Balaban J connectivity index is 2.27. The molecule has 0 aliphatic carbocycles. The molecule has 0 bridgehead atoms. The summed E-state index contributed by atoms with van der Waals surface area (Å²) in [4.78, 5) is -2.08. The molecule has 6 heteroatoms. The molecule has 0 aliphatic rings. The van der Waals surface area contributed by atoms with Crippen LogP contribution in [0.4, 0.5) is 0 Å². The zero-order chi connectivity index (χ0) is 16.4. The molecule has 2 unspecified atom stereocenters. The van der Waals surface area contributed by atoms with Gasteiger partial charge >= 0.3 is 0 Å². The number of hydrogen-bond acceptors (Lipinski definition) is 2. The lowest BCUT2D eigenvalue weighted by Crippen LogP contribution is -2.14. The molecule has 0 radical (unpaired) electrons. The van der Waals surface area contributed by atoms with Crippen LogP contribution in [-0.2, 0) is 10.00 Å². The fourth-order valence-corrected chi connectivity index (χ4v) is 2.47. The first-order valence-electron chi connectivity index (χ1n) is 6.55. The monoisotopic (exact) mass is 374 g/mol. The predicted molar refractivity (Wildman–Crippen MR) is 94.2 cm³/mol. The number of alkyl halides is 2. The first-order chi connectivity index (χ1) is 10.2. The normalized spacial score (nSPS) is 17.2. The van der Waals surface area contributed by atoms with E-state index in [1.54, 1.807) is 50.2 Å². The first-order valence-corrected chi connectivity index (χ1v) is 8.06. The van der Waals surface area contributed by atoms with Gasteiger partial charge in [-0.15, -0.1) is 0 Å². The average Bonchev–Trinajstić information content (AvgIpc) is 2.46. The third-order valence-corrected chi connectivity index (χ3v) is 4.22. The van der Waals surface area contributed by atoms with Gasteiger partial charge in [0.15, 0.2) is 10.00 Å². The quantitative estimate of drug-likeness (QED) is 0.313. The largest absolute Gasteiger partial charge is 0.176 e. The number of rotatable bonds is 4. The maximum atomic E-state index is 6.45. The number of halogens is 4. The second-order valence-corrected chi connectivity index (χ2v) is 7.47. The number of nitrogens with zero attached hydrogens (tertiary/aromatic N) is 2. The minimum absolute atomic E-state index is 0.589. The summed E-state index contributed by atoms with van der Waals surface area (Å²) in [6.45, 7) is 3.48. The van der Waals surface area contributed by atoms with Gasteiger partial charge in [0.1, 0.15) is 0 Å². The molecular formula is C16H14Cl4N2. The van der Waals surface area contributed by atoms with Gasteiger partial charge in [0.2, 0.25) is 0 Å². The minimum atomic E-state index is -1.05. The van der Waals surface area contributed by atoms with Crippen molar-refractivity contribution < 1.29 is 0 Å². The Hall–Kier alpha value is -0.800. The van der Waals surface area contributed by atoms with Gasteiger partial charge in [0.05, 0.1) is 0 Å². The van der Waals surface area contributed by atoms with Gasteiger partial charge in [-0.1, -0.05) is 70.7 Å². The summed E-state index contributed by atoms with van der Waals surface area (Å²) < 4.78 is 0. The van der Waals surface area contributed by atoms with Crippen LogP contribution in [-0.4, -0.2) is 0 Å². The van der Waals surface area contributed by atoms with Crippen LogP contribution in [0.3, 0.4) is 0 Å². The molecule has 0 saturated heterocycles. The maximum Gasteiger partial charge on any atom is 0.176 e. The lowest BCUT2D eigenvalue weighted by atomic mass is 10.1. The highest BCUT2D eigenvalue weighted by Crippen LogP contribution is 2.37. The molecule has 0 spiro atoms. The van der Waals surface area contributed by atoms with Gasteiger partial charge in [-0.05, 0) is 49.2 Å². The van der Waals surface area contributed by atoms with Crippen molar-refractivity contribution in [3.63, 3.8) is 0 Å². The molecule has 2 aromatic carbocycles. The zero-order valence-electron chi connectivity index (χ0n) is 12.0. The second kappa shape index (κ2) is 6.76. The standard InChI is InChI=1S/C16H14Cl4N2/c1-15(19,11-6-8-13(17)9-7-11)21-22-16(2,20)12-4-3-5-14(18)10-12/h3-10H,1-2H3. The molecule has 2 rings (SSSR count). The second-order valence-electron chi connectivity index (χ2n) is 5.12. The SMILES string of the molecule is CC(Cl)(N=NC(C)(Cl)c1cccc(Cl)c1)c1ccc(Cl)cc1. The Morgan fingerprint density at radius 2 is 1.27 bits per heavy atom. The Labute approximate surface area is 150 Å². The predicted octanol–water partition coefficient (Wildman–Crippen LogP) is 6.97. The van der Waals surface area contributed by atoms with Crippen LogP contribution in [0.5, 0.6) is 0 Å². The van der Waals surface area contributed by atoms with E-state index in [4.69, 9.17) is 46.4 Å². The molecule has 2 aromatic rings. The molecule has 0 aromatic heterocycles. The van der Waals surface area contributed by atoms with Crippen LogP contribution in [0, 0.1) is 0 Å². The van der Waals surface area contributed by atoms with Crippen molar-refractivity contribution in [3.05, 3.63) is 69.7 Å². The Bertz CT molecular complexity index is 679. The molecule has 0 amide bonds. The lowest BCUT2D eigenvalue weighted by Gasteiger charge is -2.21. The summed E-state index contributed by atoms with van der Waals surface area (Å²) in [7, 11) is 0. The third kappa shape index (κ3) is 4.36. The van der Waals surface area contributed by atoms with Gasteiger partial charge in [0.25, 0.3) is 0 Å². The van der Waals surface area contributed by atoms with E-state index < -0.39 is 10.00 Å². The molecule has 0 N–H and O–H groups in total. The smallest absolute Gasteiger partial charge is 0.164 e. The highest BCUT2D eigenvalue weighted by molar-refractivity contribution is 6.31. The molecule has 0 fully saturated rings. The van der Waals surface area contributed by atoms with Gasteiger partial charge in [-0.3, -0.25) is 0 Å². The third-order valence-electron chi connectivity index (χ3n) is 3.15. The Kier molecular flexibility index (Phi) is 5.39. The van der Waals surface area contributed by atoms with Gasteiger partial charge in [-0.25, -0.2) is 0 Å². The van der Waals surface area contributed by atoms with E-state index in [-0.39, 0.29) is 0 Å². The van der Waals surface area contributed by atoms with E-state index in [0.29, 0.717) is 10.0 Å². The molecule has 22 heavy (non-hydrogen) atoms. The van der Waals surface area contributed by atoms with Crippen molar-refractivity contribution in [1.82, 2.24) is 0 Å². The van der Waals surface area contributed by atoms with Gasteiger partial charge < -0.3 is 0 Å². The fraction of sp³-hybridized carbons (Fsp3) is 0.250. The summed E-state index contributed by atoms with van der Waals surface area (Å²) in [6.07, 6.45) is 0. The lowest BCUT2D eigenvalue weighted by molar-refractivity contribution is 0.578. The van der Waals surface area contributed by atoms with E-state index in [1.807, 2.05) is 12.1 Å². The summed E-state index contributed by atoms with van der Waals surface area (Å²) in [5.74, 6) is 0. The van der Waals surface area contributed by atoms with Crippen LogP contribution >= 0.6 is 46.4 Å². The molecule has 2 atom stereocenters. The average molecular weight is 376 g/mol. The number of benzene rings is 2. The van der Waals surface area contributed by atoms with E-state index >= 15 is 0 Å². The van der Waals surface area contributed by atoms with Crippen molar-refractivity contribution >= 4 is 46.4 Å². The summed E-state index contributed by atoms with van der Waals surface area (Å²) >= 11 is 24.8. The molecule has 116 valence electrons. The van der Waals surface area contributed by atoms with Crippen LogP contribution in [0.2, 0.25) is 10.0 Å². The van der Waals surface area contributed by atoms with Crippen LogP contribution in [0.1, 0.15) is 25.0 Å². The van der Waals surface area contributed by atoms with Crippen molar-refractivity contribution in [1.29, 1.82) is 0 Å². The van der Waals surface area contributed by atoms with E-state index in [9.17, 15) is 0 Å². The molecule has 2 nitrogen and oxygen atoms in total. The Morgan fingerprint density at radius 3 is 1.82 bits per heavy atom. The van der Waals surface area contributed by atoms with Crippen LogP contribution in [0.25, 0.3) is 0 Å². The van der Waals surface area contributed by atoms with E-state index in [0.717, 1.165) is 11.1 Å². The van der Waals surface area contributed by atoms with Crippen molar-refractivity contribution in [3.8, 4) is 0 Å². The summed E-state index contributed by atoms with van der Waals surface area (Å²) in [6, 6.07) is 14.3. The van der Waals surface area contributed by atoms with E-state index in [2.05, 4.69) is 10.2 Å². The maximum absolute atomic E-state index is 6.45. The minimum Gasteiger partial charge on any atom is -0.164 e. The molecule has 0 saturated carbocycles. The van der Waals surface area contributed by atoms with Gasteiger partial charge in [-0.2, -0.15) is 10.2 Å². The van der Waals surface area contributed by atoms with Crippen molar-refractivity contribution in [2.24, 2.45) is 10.2 Å². The topological polar surface area (TPSA) is 24.7 Å². The highest BCUT2D eigenvalue weighted by Gasteiger charge is 2.28. The van der Waals surface area contributed by atoms with Crippen molar-refractivity contribution in [2.75, 3.05) is 0 Å². The van der Waals surface area contributed by atoms with Crippen LogP contribution in [0.15, 0.2) is 58.8 Å². The van der Waals surface area contributed by atoms with Crippen molar-refractivity contribution in [2.45, 2.75) is 23.8 Å². The highest BCUT2D eigenvalue weighted by atomic mass is 35.5. The summed E-state index contributed by atoms with van der Waals surface area (Å²) in [5.41, 5.74) is 1.52. The number of hydrogen-bond donors (Lipinski definition) is 0. The Morgan fingerprint density at radius 1 is 0.727 bits per heavy atom. The first kappa shape index (κ1) is 17.6. The fourth-order valence-electron chi connectivity index (χ4n) is 1.83.